The van der Waals surface area contributed by atoms with Crippen molar-refractivity contribution in [3.05, 3.63) is 12.7 Å². The quantitative estimate of drug-likeness (QED) is 0.523. The van der Waals surface area contributed by atoms with Crippen molar-refractivity contribution in [3.8, 4) is 0 Å². The van der Waals surface area contributed by atoms with Gasteiger partial charge < -0.3 is 14.9 Å². The summed E-state index contributed by atoms with van der Waals surface area (Å²) in [6.07, 6.45) is 3.86. The van der Waals surface area contributed by atoms with Gasteiger partial charge in [-0.15, -0.1) is 0 Å². The largest absolute Gasteiger partial charge is 0.391 e. The van der Waals surface area contributed by atoms with Crippen LogP contribution in [-0.4, -0.2) is 60.0 Å². The number of aliphatic hydroxyl groups excluding tert-OH is 1. The van der Waals surface area contributed by atoms with Gasteiger partial charge in [-0.1, -0.05) is 61.0 Å². The van der Waals surface area contributed by atoms with E-state index in [-0.39, 0.29) is 28.6 Å². The van der Waals surface area contributed by atoms with Crippen molar-refractivity contribution in [2.45, 2.75) is 73.3 Å². The van der Waals surface area contributed by atoms with E-state index < -0.39 is 6.10 Å². The molecule has 27 heavy (non-hydrogen) atoms. The van der Waals surface area contributed by atoms with Crippen LogP contribution in [0.4, 0.5) is 0 Å². The molecule has 0 aliphatic heterocycles. The average Bonchev–Trinajstić information content (AvgIpc) is 2.57. The van der Waals surface area contributed by atoms with Crippen molar-refractivity contribution in [3.63, 3.8) is 0 Å². The Morgan fingerprint density at radius 3 is 2.11 bits per heavy atom. The van der Waals surface area contributed by atoms with Crippen molar-refractivity contribution in [2.75, 3.05) is 27.2 Å². The van der Waals surface area contributed by atoms with E-state index in [0.29, 0.717) is 25.9 Å². The molecular formula is C22H42N2O3. The highest BCUT2D eigenvalue weighted by molar-refractivity contribution is 5.87. The first-order valence-corrected chi connectivity index (χ1v) is 10.1. The Balaban J connectivity index is 5.48. The van der Waals surface area contributed by atoms with Crippen molar-refractivity contribution in [1.29, 1.82) is 0 Å². The summed E-state index contributed by atoms with van der Waals surface area (Å²) in [5.41, 5.74) is -0.402. The molecule has 0 aliphatic carbocycles. The fourth-order valence-electron chi connectivity index (χ4n) is 3.43. The molecule has 0 aromatic heterocycles. The molecule has 0 aromatic rings. The summed E-state index contributed by atoms with van der Waals surface area (Å²) in [6.45, 7) is 16.9. The summed E-state index contributed by atoms with van der Waals surface area (Å²) in [7, 11) is 3.59. The first-order valence-electron chi connectivity index (χ1n) is 10.1. The van der Waals surface area contributed by atoms with Crippen LogP contribution in [0.1, 0.15) is 67.2 Å². The minimum absolute atomic E-state index is 0.127. The van der Waals surface area contributed by atoms with Gasteiger partial charge in [0.1, 0.15) is 0 Å². The number of amides is 2. The summed E-state index contributed by atoms with van der Waals surface area (Å²) in [5, 5.41) is 10.2. The van der Waals surface area contributed by atoms with Gasteiger partial charge in [0.05, 0.1) is 6.10 Å². The number of carbonyl (C=O) groups is 2. The lowest BCUT2D eigenvalue weighted by Gasteiger charge is -2.41. The molecule has 0 rings (SSSR count). The highest BCUT2D eigenvalue weighted by Crippen LogP contribution is 2.40. The van der Waals surface area contributed by atoms with Gasteiger partial charge in [-0.2, -0.15) is 0 Å². The standard InChI is InChI=1S/C22H42N2O3/c1-10-13-17(25)15-24(19(26)11-2)16-21(4,5)14-18(20(27)23(8)9)22(6,7)12-3/h11,17-18,25H,2,10,12-16H2,1,3-9H3. The Morgan fingerprint density at radius 1 is 1.15 bits per heavy atom. The molecule has 0 heterocycles. The Morgan fingerprint density at radius 2 is 1.70 bits per heavy atom. The van der Waals surface area contributed by atoms with Crippen LogP contribution in [0.5, 0.6) is 0 Å². The van der Waals surface area contributed by atoms with E-state index in [1.54, 1.807) is 23.9 Å². The molecule has 0 aromatic carbocycles. The molecule has 0 saturated carbocycles. The minimum Gasteiger partial charge on any atom is -0.391 e. The molecule has 0 radical (unpaired) electrons. The summed E-state index contributed by atoms with van der Waals surface area (Å²) < 4.78 is 0. The molecular weight excluding hydrogens is 340 g/mol. The molecule has 0 aliphatic rings. The van der Waals surface area contributed by atoms with E-state index in [0.717, 1.165) is 12.8 Å². The summed E-state index contributed by atoms with van der Waals surface area (Å²) in [4.78, 5) is 28.5. The second kappa shape index (κ2) is 10.8. The molecule has 158 valence electrons. The lowest BCUT2D eigenvalue weighted by atomic mass is 9.68. The Hall–Kier alpha value is -1.36. The number of carbonyl (C=O) groups excluding carboxylic acids is 2. The van der Waals surface area contributed by atoms with Gasteiger partial charge in [-0.05, 0) is 29.7 Å². The number of hydrogen-bond donors (Lipinski definition) is 1. The maximum absolute atomic E-state index is 12.9. The van der Waals surface area contributed by atoms with Gasteiger partial charge in [0.25, 0.3) is 0 Å². The third kappa shape index (κ3) is 8.46. The molecule has 0 bridgehead atoms. The first-order chi connectivity index (χ1) is 12.3. The zero-order valence-electron chi connectivity index (χ0n) is 18.8. The lowest BCUT2D eigenvalue weighted by Crippen LogP contribution is -2.46. The van der Waals surface area contributed by atoms with Crippen molar-refractivity contribution >= 4 is 11.8 Å². The highest BCUT2D eigenvalue weighted by atomic mass is 16.3. The van der Waals surface area contributed by atoms with Gasteiger partial charge in [0, 0.05) is 33.1 Å². The van der Waals surface area contributed by atoms with Gasteiger partial charge in [0.15, 0.2) is 0 Å². The zero-order chi connectivity index (χ0) is 21.4. The summed E-state index contributed by atoms with van der Waals surface area (Å²) in [5.74, 6) is -0.181. The van der Waals surface area contributed by atoms with Gasteiger partial charge in [-0.3, -0.25) is 9.59 Å². The van der Waals surface area contributed by atoms with Gasteiger partial charge in [-0.25, -0.2) is 0 Å². The monoisotopic (exact) mass is 382 g/mol. The molecule has 5 heteroatoms. The molecule has 0 fully saturated rings. The van der Waals surface area contributed by atoms with E-state index in [1.165, 1.54) is 6.08 Å². The number of hydrogen-bond acceptors (Lipinski definition) is 3. The van der Waals surface area contributed by atoms with Crippen LogP contribution in [-0.2, 0) is 9.59 Å². The molecule has 2 unspecified atom stereocenters. The maximum Gasteiger partial charge on any atom is 0.246 e. The van der Waals surface area contributed by atoms with Crippen molar-refractivity contribution in [2.24, 2.45) is 16.7 Å². The fourth-order valence-corrected chi connectivity index (χ4v) is 3.43. The number of aliphatic hydroxyl groups is 1. The average molecular weight is 383 g/mol. The van der Waals surface area contributed by atoms with Crippen LogP contribution in [0, 0.1) is 16.7 Å². The van der Waals surface area contributed by atoms with Crippen LogP contribution in [0.15, 0.2) is 12.7 Å². The van der Waals surface area contributed by atoms with Crippen LogP contribution in [0.2, 0.25) is 0 Å². The Bertz CT molecular complexity index is 498. The highest BCUT2D eigenvalue weighted by Gasteiger charge is 2.39. The minimum atomic E-state index is -0.541. The maximum atomic E-state index is 12.9. The second-order valence-electron chi connectivity index (χ2n) is 9.36. The number of rotatable bonds is 12. The molecule has 2 atom stereocenters. The van der Waals surface area contributed by atoms with Crippen molar-refractivity contribution < 1.29 is 14.7 Å². The van der Waals surface area contributed by atoms with Gasteiger partial charge >= 0.3 is 0 Å². The summed E-state index contributed by atoms with van der Waals surface area (Å²) >= 11 is 0. The fraction of sp³-hybridized carbons (Fsp3) is 0.818. The zero-order valence-corrected chi connectivity index (χ0v) is 18.8. The Kier molecular flexibility index (Phi) is 10.3. The third-order valence-corrected chi connectivity index (χ3v) is 5.51. The molecule has 0 saturated heterocycles. The topological polar surface area (TPSA) is 60.9 Å². The van der Waals surface area contributed by atoms with E-state index >= 15 is 0 Å². The van der Waals surface area contributed by atoms with E-state index in [2.05, 4.69) is 41.2 Å². The van der Waals surface area contributed by atoms with Crippen LogP contribution in [0.3, 0.4) is 0 Å². The predicted molar refractivity (Wildman–Crippen MR) is 112 cm³/mol. The molecule has 2 amide bonds. The van der Waals surface area contributed by atoms with Crippen LogP contribution in [0.25, 0.3) is 0 Å². The number of nitrogens with zero attached hydrogens (tertiary/aromatic N) is 2. The SMILES string of the molecule is C=CC(=O)N(CC(O)CCC)CC(C)(C)CC(C(=O)N(C)C)C(C)(C)CC. The smallest absolute Gasteiger partial charge is 0.246 e. The summed E-state index contributed by atoms with van der Waals surface area (Å²) in [6, 6.07) is 0. The van der Waals surface area contributed by atoms with E-state index in [1.807, 2.05) is 6.92 Å². The second-order valence-corrected chi connectivity index (χ2v) is 9.36. The van der Waals surface area contributed by atoms with Crippen molar-refractivity contribution in [1.82, 2.24) is 9.80 Å². The molecule has 0 spiro atoms. The molecule has 5 nitrogen and oxygen atoms in total. The van der Waals surface area contributed by atoms with E-state index in [4.69, 9.17) is 0 Å². The first kappa shape index (κ1) is 25.6. The Labute approximate surface area is 166 Å². The lowest BCUT2D eigenvalue weighted by molar-refractivity contribution is -0.139. The normalized spacial score (nSPS) is 14.4. The van der Waals surface area contributed by atoms with Crippen LogP contribution >= 0.6 is 0 Å². The predicted octanol–water partition coefficient (Wildman–Crippen LogP) is 3.72. The van der Waals surface area contributed by atoms with Gasteiger partial charge in [0.2, 0.25) is 11.8 Å². The molecule has 1 N–H and O–H groups in total. The van der Waals surface area contributed by atoms with Crippen LogP contribution < -0.4 is 0 Å². The third-order valence-electron chi connectivity index (χ3n) is 5.51. The van der Waals surface area contributed by atoms with E-state index in [9.17, 15) is 14.7 Å².